The molecule has 19 heavy (non-hydrogen) atoms. The van der Waals surface area contributed by atoms with Crippen molar-refractivity contribution in [2.45, 2.75) is 77.6 Å². The molecule has 3 heteroatoms. The highest BCUT2D eigenvalue weighted by Gasteiger charge is 2.01. The van der Waals surface area contributed by atoms with E-state index in [0.717, 1.165) is 6.54 Å². The van der Waals surface area contributed by atoms with Crippen LogP contribution in [-0.4, -0.2) is 30.9 Å². The average Bonchev–Trinajstić information content (AvgIpc) is 2.35. The zero-order valence-electron chi connectivity index (χ0n) is 13.1. The van der Waals surface area contributed by atoms with Gasteiger partial charge in [-0.05, 0) is 20.0 Å². The number of carbonyl (C=O) groups is 1. The van der Waals surface area contributed by atoms with Crippen molar-refractivity contribution < 1.29 is 4.79 Å². The molecule has 0 aromatic carbocycles. The van der Waals surface area contributed by atoms with Gasteiger partial charge in [-0.15, -0.1) is 0 Å². The van der Waals surface area contributed by atoms with E-state index in [1.54, 1.807) is 0 Å². The molecule has 0 aliphatic rings. The Labute approximate surface area is 119 Å². The highest BCUT2D eigenvalue weighted by molar-refractivity contribution is 5.75. The van der Waals surface area contributed by atoms with Crippen LogP contribution < -0.4 is 5.73 Å². The summed E-state index contributed by atoms with van der Waals surface area (Å²) >= 11 is 0. The lowest BCUT2D eigenvalue weighted by molar-refractivity contribution is -0.118. The first-order chi connectivity index (χ1) is 9.16. The Hall–Kier alpha value is -0.570. The maximum Gasteiger partial charge on any atom is 0.231 e. The van der Waals surface area contributed by atoms with Gasteiger partial charge in [-0.3, -0.25) is 9.69 Å². The normalized spacial score (nSPS) is 11.1. The Morgan fingerprint density at radius 3 is 1.68 bits per heavy atom. The summed E-state index contributed by atoms with van der Waals surface area (Å²) in [5, 5.41) is 0. The third-order valence-electron chi connectivity index (χ3n) is 3.57. The molecule has 0 spiro atoms. The molecule has 0 radical (unpaired) electrons. The number of rotatable bonds is 14. The summed E-state index contributed by atoms with van der Waals surface area (Å²) in [6.07, 6.45) is 15.0. The number of likely N-dealkylation sites (N-methyl/N-ethyl adjacent to an activating group) is 1. The molecular formula is C16H34N2O. The molecule has 0 unspecified atom stereocenters. The number of nitrogens with two attached hydrogens (primary N) is 1. The van der Waals surface area contributed by atoms with Crippen LogP contribution >= 0.6 is 0 Å². The number of hydrogen-bond donors (Lipinski definition) is 1. The van der Waals surface area contributed by atoms with Crippen molar-refractivity contribution in [1.29, 1.82) is 0 Å². The van der Waals surface area contributed by atoms with E-state index < -0.39 is 0 Å². The molecule has 1 amide bonds. The first-order valence-corrected chi connectivity index (χ1v) is 8.13. The minimum Gasteiger partial charge on any atom is -0.369 e. The van der Waals surface area contributed by atoms with Gasteiger partial charge in [-0.2, -0.15) is 0 Å². The third kappa shape index (κ3) is 15.4. The summed E-state index contributed by atoms with van der Waals surface area (Å²) in [5.41, 5.74) is 5.14. The lowest BCUT2D eigenvalue weighted by atomic mass is 10.1. The van der Waals surface area contributed by atoms with Crippen LogP contribution in [0.25, 0.3) is 0 Å². The fourth-order valence-electron chi connectivity index (χ4n) is 2.39. The van der Waals surface area contributed by atoms with Gasteiger partial charge in [0, 0.05) is 0 Å². The van der Waals surface area contributed by atoms with E-state index >= 15 is 0 Å². The van der Waals surface area contributed by atoms with Crippen molar-refractivity contribution in [3.05, 3.63) is 0 Å². The second-order valence-corrected chi connectivity index (χ2v) is 5.74. The van der Waals surface area contributed by atoms with Crippen LogP contribution in [0.1, 0.15) is 77.6 Å². The zero-order chi connectivity index (χ0) is 14.3. The summed E-state index contributed by atoms with van der Waals surface area (Å²) in [5.74, 6) is -0.231. The molecule has 2 N–H and O–H groups in total. The van der Waals surface area contributed by atoms with E-state index in [0.29, 0.717) is 6.54 Å². The van der Waals surface area contributed by atoms with Crippen molar-refractivity contribution in [3.8, 4) is 0 Å². The quantitative estimate of drug-likeness (QED) is 0.489. The topological polar surface area (TPSA) is 46.3 Å². The van der Waals surface area contributed by atoms with Crippen molar-refractivity contribution in [3.63, 3.8) is 0 Å². The van der Waals surface area contributed by atoms with Crippen LogP contribution in [0, 0.1) is 0 Å². The minimum absolute atomic E-state index is 0.231. The second kappa shape index (κ2) is 13.9. The van der Waals surface area contributed by atoms with Crippen LogP contribution in [-0.2, 0) is 4.79 Å². The number of primary amides is 1. The standard InChI is InChI=1S/C16H34N2O/c1-3-4-5-6-7-8-9-10-11-12-13-14-18(2)15-16(17)19/h3-15H2,1-2H3,(H2,17,19). The van der Waals surface area contributed by atoms with Crippen LogP contribution in [0.5, 0.6) is 0 Å². The predicted octanol–water partition coefficient (Wildman–Crippen LogP) is 3.71. The molecule has 3 nitrogen and oxygen atoms in total. The predicted molar refractivity (Wildman–Crippen MR) is 83.2 cm³/mol. The first-order valence-electron chi connectivity index (χ1n) is 8.13. The molecule has 0 heterocycles. The summed E-state index contributed by atoms with van der Waals surface area (Å²) in [4.78, 5) is 12.7. The van der Waals surface area contributed by atoms with Gasteiger partial charge >= 0.3 is 0 Å². The molecule has 0 aromatic heterocycles. The van der Waals surface area contributed by atoms with Gasteiger partial charge in [0.1, 0.15) is 0 Å². The SMILES string of the molecule is CCCCCCCCCCCCCN(C)CC(N)=O. The van der Waals surface area contributed by atoms with Crippen molar-refractivity contribution in [1.82, 2.24) is 4.90 Å². The smallest absolute Gasteiger partial charge is 0.231 e. The fraction of sp³-hybridized carbons (Fsp3) is 0.938. The highest BCUT2D eigenvalue weighted by atomic mass is 16.1. The lowest BCUT2D eigenvalue weighted by Crippen LogP contribution is -2.31. The number of unbranched alkanes of at least 4 members (excludes halogenated alkanes) is 10. The van der Waals surface area contributed by atoms with Crippen LogP contribution in [0.4, 0.5) is 0 Å². The maximum atomic E-state index is 10.7. The Morgan fingerprint density at radius 2 is 1.26 bits per heavy atom. The molecule has 0 saturated carbocycles. The molecule has 0 aromatic rings. The highest BCUT2D eigenvalue weighted by Crippen LogP contribution is 2.11. The Balaban J connectivity index is 3.08. The maximum absolute atomic E-state index is 10.7. The number of amides is 1. The van der Waals surface area contributed by atoms with Gasteiger partial charge in [-0.1, -0.05) is 71.1 Å². The minimum atomic E-state index is -0.231. The Morgan fingerprint density at radius 1 is 0.842 bits per heavy atom. The van der Waals surface area contributed by atoms with Gasteiger partial charge in [0.05, 0.1) is 6.54 Å². The molecule has 0 fully saturated rings. The first kappa shape index (κ1) is 18.4. The monoisotopic (exact) mass is 270 g/mol. The summed E-state index contributed by atoms with van der Waals surface area (Å²) in [6, 6.07) is 0. The molecule has 0 aliphatic heterocycles. The number of hydrogen-bond acceptors (Lipinski definition) is 2. The molecule has 0 saturated heterocycles. The molecule has 0 atom stereocenters. The van der Waals surface area contributed by atoms with E-state index in [9.17, 15) is 4.79 Å². The third-order valence-corrected chi connectivity index (χ3v) is 3.57. The summed E-state index contributed by atoms with van der Waals surface area (Å²) in [6.45, 7) is 3.64. The Kier molecular flexibility index (Phi) is 13.4. The van der Waals surface area contributed by atoms with Gasteiger partial charge in [-0.25, -0.2) is 0 Å². The van der Waals surface area contributed by atoms with Crippen LogP contribution in [0.15, 0.2) is 0 Å². The van der Waals surface area contributed by atoms with Crippen molar-refractivity contribution in [2.24, 2.45) is 5.73 Å². The molecule has 0 aliphatic carbocycles. The molecule has 0 bridgehead atoms. The summed E-state index contributed by atoms with van der Waals surface area (Å²) < 4.78 is 0. The molecular weight excluding hydrogens is 236 g/mol. The number of nitrogens with zero attached hydrogens (tertiary/aromatic N) is 1. The van der Waals surface area contributed by atoms with Crippen LogP contribution in [0.2, 0.25) is 0 Å². The largest absolute Gasteiger partial charge is 0.369 e. The number of carbonyl (C=O) groups excluding carboxylic acids is 1. The average molecular weight is 270 g/mol. The van der Waals surface area contributed by atoms with Gasteiger partial charge < -0.3 is 5.73 Å². The van der Waals surface area contributed by atoms with Gasteiger partial charge in [0.2, 0.25) is 5.91 Å². The zero-order valence-corrected chi connectivity index (χ0v) is 13.1. The lowest BCUT2D eigenvalue weighted by Gasteiger charge is -2.13. The van der Waals surface area contributed by atoms with E-state index in [4.69, 9.17) is 5.73 Å². The van der Waals surface area contributed by atoms with E-state index in [1.807, 2.05) is 11.9 Å². The van der Waals surface area contributed by atoms with E-state index in [1.165, 1.54) is 70.6 Å². The molecule has 0 rings (SSSR count). The van der Waals surface area contributed by atoms with Gasteiger partial charge in [0.25, 0.3) is 0 Å². The van der Waals surface area contributed by atoms with E-state index in [-0.39, 0.29) is 5.91 Å². The second-order valence-electron chi connectivity index (χ2n) is 5.74. The van der Waals surface area contributed by atoms with E-state index in [2.05, 4.69) is 6.92 Å². The van der Waals surface area contributed by atoms with Gasteiger partial charge in [0.15, 0.2) is 0 Å². The van der Waals surface area contributed by atoms with Crippen LogP contribution in [0.3, 0.4) is 0 Å². The summed E-state index contributed by atoms with van der Waals surface area (Å²) in [7, 11) is 1.96. The van der Waals surface area contributed by atoms with Crippen molar-refractivity contribution in [2.75, 3.05) is 20.1 Å². The Bertz CT molecular complexity index is 207. The fourth-order valence-corrected chi connectivity index (χ4v) is 2.39. The van der Waals surface area contributed by atoms with Crippen molar-refractivity contribution >= 4 is 5.91 Å². The molecule has 114 valence electrons.